The molecule has 6 heteroatoms. The molecule has 1 aliphatic rings. The van der Waals surface area contributed by atoms with Crippen molar-refractivity contribution in [3.05, 3.63) is 0 Å². The van der Waals surface area contributed by atoms with Gasteiger partial charge in [0.15, 0.2) is 6.29 Å². The summed E-state index contributed by atoms with van der Waals surface area (Å²) in [5, 5.41) is 26.8. The van der Waals surface area contributed by atoms with Gasteiger partial charge in [-0.2, -0.15) is 0 Å². The molecule has 1 fully saturated rings. The highest BCUT2D eigenvalue weighted by Gasteiger charge is 2.42. The predicted octanol–water partition coefficient (Wildman–Crippen LogP) is -1.71. The van der Waals surface area contributed by atoms with E-state index in [1.807, 2.05) is 0 Å². The second-order valence-electron chi connectivity index (χ2n) is 2.31. The second-order valence-corrected chi connectivity index (χ2v) is 2.52. The zero-order chi connectivity index (χ0) is 8.43. The van der Waals surface area contributed by atoms with E-state index in [1.54, 1.807) is 0 Å². The molecule has 0 aromatic heterocycles. The summed E-state index contributed by atoms with van der Waals surface area (Å²) >= 11 is 3.42. The molecule has 0 spiro atoms. The Labute approximate surface area is 69.2 Å². The number of aliphatic hydroxyl groups excluding tert-OH is 3. The van der Waals surface area contributed by atoms with Gasteiger partial charge in [-0.3, -0.25) is 4.18 Å². The van der Waals surface area contributed by atoms with Gasteiger partial charge in [0.05, 0.1) is 6.61 Å². The minimum Gasteiger partial charge on any atom is -0.394 e. The lowest BCUT2D eigenvalue weighted by molar-refractivity contribution is -0.106. The summed E-state index contributed by atoms with van der Waals surface area (Å²) in [6.07, 6.45) is -4.02. The quantitative estimate of drug-likeness (QED) is 0.302. The summed E-state index contributed by atoms with van der Waals surface area (Å²) in [5.41, 5.74) is 0. The topological polar surface area (TPSA) is 79.2 Å². The highest BCUT2D eigenvalue weighted by atomic mass is 32.1. The fraction of sp³-hybridized carbons (Fsp3) is 1.00. The van der Waals surface area contributed by atoms with Crippen molar-refractivity contribution in [2.45, 2.75) is 24.6 Å². The van der Waals surface area contributed by atoms with Gasteiger partial charge in [-0.05, 0) is 12.9 Å². The number of hydrogen-bond donors (Lipinski definition) is 4. The van der Waals surface area contributed by atoms with Gasteiger partial charge in [-0.25, -0.2) is 0 Å². The fourth-order valence-corrected chi connectivity index (χ4v) is 1.13. The predicted molar refractivity (Wildman–Crippen MR) is 37.8 cm³/mol. The number of ether oxygens (including phenoxy) is 1. The van der Waals surface area contributed by atoms with Gasteiger partial charge in [0.25, 0.3) is 0 Å². The molecule has 1 aliphatic heterocycles. The van der Waals surface area contributed by atoms with Gasteiger partial charge < -0.3 is 20.1 Å². The Bertz CT molecular complexity index is 114. The largest absolute Gasteiger partial charge is 0.394 e. The van der Waals surface area contributed by atoms with Crippen LogP contribution >= 0.6 is 12.9 Å². The highest BCUT2D eigenvalue weighted by Crippen LogP contribution is 2.22. The molecule has 4 atom stereocenters. The zero-order valence-corrected chi connectivity index (χ0v) is 6.52. The molecule has 0 radical (unpaired) electrons. The minimum absolute atomic E-state index is 0.355. The van der Waals surface area contributed by atoms with Gasteiger partial charge >= 0.3 is 0 Å². The van der Waals surface area contributed by atoms with E-state index in [4.69, 9.17) is 20.1 Å². The third-order valence-electron chi connectivity index (χ3n) is 1.60. The first-order valence-electron chi connectivity index (χ1n) is 3.13. The van der Waals surface area contributed by atoms with Crippen LogP contribution in [0.3, 0.4) is 0 Å². The average molecular weight is 182 g/mol. The van der Waals surface area contributed by atoms with Crippen molar-refractivity contribution >= 4 is 12.9 Å². The lowest BCUT2D eigenvalue weighted by atomic mass is 10.1. The molecule has 3 N–H and O–H groups in total. The molecule has 5 nitrogen and oxygen atoms in total. The van der Waals surface area contributed by atoms with Crippen molar-refractivity contribution in [1.82, 2.24) is 0 Å². The number of rotatable bonds is 2. The number of thiol groups is 1. The van der Waals surface area contributed by atoms with E-state index < -0.39 is 24.6 Å². The van der Waals surface area contributed by atoms with E-state index in [-0.39, 0.29) is 6.61 Å². The second kappa shape index (κ2) is 3.70. The van der Waals surface area contributed by atoms with Gasteiger partial charge in [0.1, 0.15) is 18.3 Å². The maximum absolute atomic E-state index is 9.11. The monoisotopic (exact) mass is 182 g/mol. The van der Waals surface area contributed by atoms with E-state index in [9.17, 15) is 0 Å². The molecule has 1 saturated heterocycles. The summed E-state index contributed by atoms with van der Waals surface area (Å²) < 4.78 is 9.21. The molecule has 66 valence electrons. The standard InChI is InChI=1S/C5H10O5S/c6-1-2-3(7)4(8)5(9-2)10-11/h2-8,11H,1H2/t2-,3-,4-,5?/m1/s1. The molecule has 1 unspecified atom stereocenters. The molecule has 0 aromatic rings. The summed E-state index contributed by atoms with van der Waals surface area (Å²) in [6.45, 7) is -0.355. The summed E-state index contributed by atoms with van der Waals surface area (Å²) in [4.78, 5) is 0. The Kier molecular flexibility index (Phi) is 3.11. The Balaban J connectivity index is 2.53. The van der Waals surface area contributed by atoms with Crippen molar-refractivity contribution < 1.29 is 24.2 Å². The minimum atomic E-state index is -1.15. The normalized spacial score (nSPS) is 44.7. The lowest BCUT2D eigenvalue weighted by Crippen LogP contribution is -2.33. The molecular weight excluding hydrogens is 172 g/mol. The molecule has 0 aromatic carbocycles. The van der Waals surface area contributed by atoms with Gasteiger partial charge in [0.2, 0.25) is 0 Å². The van der Waals surface area contributed by atoms with Crippen LogP contribution in [-0.4, -0.2) is 46.5 Å². The lowest BCUT2D eigenvalue weighted by Gasteiger charge is -2.10. The maximum Gasteiger partial charge on any atom is 0.199 e. The Morgan fingerprint density at radius 2 is 2.00 bits per heavy atom. The molecule has 0 saturated carbocycles. The van der Waals surface area contributed by atoms with Crippen LogP contribution in [0, 0.1) is 0 Å². The molecular formula is C5H10O5S. The Morgan fingerprint density at radius 3 is 2.27 bits per heavy atom. The van der Waals surface area contributed by atoms with Gasteiger partial charge in [-0.1, -0.05) is 0 Å². The van der Waals surface area contributed by atoms with E-state index in [1.165, 1.54) is 0 Å². The van der Waals surface area contributed by atoms with Gasteiger partial charge in [0, 0.05) is 0 Å². The molecule has 11 heavy (non-hydrogen) atoms. The van der Waals surface area contributed by atoms with Crippen LogP contribution in [0.5, 0.6) is 0 Å². The van der Waals surface area contributed by atoms with Crippen LogP contribution < -0.4 is 0 Å². The average Bonchev–Trinajstić information content (AvgIpc) is 2.30. The Hall–Kier alpha value is 0.150. The van der Waals surface area contributed by atoms with Crippen LogP contribution in [0.25, 0.3) is 0 Å². The fourth-order valence-electron chi connectivity index (χ4n) is 0.952. The van der Waals surface area contributed by atoms with Crippen molar-refractivity contribution in [3.8, 4) is 0 Å². The van der Waals surface area contributed by atoms with E-state index in [0.717, 1.165) is 0 Å². The molecule has 0 bridgehead atoms. The van der Waals surface area contributed by atoms with E-state index in [0.29, 0.717) is 0 Å². The van der Waals surface area contributed by atoms with E-state index >= 15 is 0 Å². The molecule has 1 heterocycles. The van der Waals surface area contributed by atoms with Crippen molar-refractivity contribution in [2.24, 2.45) is 0 Å². The van der Waals surface area contributed by atoms with Crippen molar-refractivity contribution in [1.29, 1.82) is 0 Å². The molecule has 0 aliphatic carbocycles. The number of hydrogen-bond acceptors (Lipinski definition) is 6. The third-order valence-corrected chi connectivity index (χ3v) is 1.81. The first-order valence-corrected chi connectivity index (χ1v) is 3.50. The van der Waals surface area contributed by atoms with Crippen LogP contribution in [0.15, 0.2) is 0 Å². The number of aliphatic hydroxyl groups is 3. The third kappa shape index (κ3) is 1.66. The summed E-state index contributed by atoms with van der Waals surface area (Å²) in [5.74, 6) is 0. The highest BCUT2D eigenvalue weighted by molar-refractivity contribution is 7.75. The summed E-state index contributed by atoms with van der Waals surface area (Å²) in [7, 11) is 0. The van der Waals surface area contributed by atoms with Crippen molar-refractivity contribution in [3.63, 3.8) is 0 Å². The van der Waals surface area contributed by atoms with Crippen LogP contribution in [0.1, 0.15) is 0 Å². The van der Waals surface area contributed by atoms with Gasteiger partial charge in [-0.15, -0.1) is 0 Å². The SMILES string of the molecule is OC[C@H]1OC(OS)[C@H](O)[C@@H]1O. The van der Waals surface area contributed by atoms with Crippen LogP contribution in [0.4, 0.5) is 0 Å². The Morgan fingerprint density at radius 1 is 1.36 bits per heavy atom. The maximum atomic E-state index is 9.11. The summed E-state index contributed by atoms with van der Waals surface area (Å²) in [6, 6.07) is 0. The zero-order valence-electron chi connectivity index (χ0n) is 5.62. The van der Waals surface area contributed by atoms with Crippen LogP contribution in [-0.2, 0) is 8.92 Å². The first kappa shape index (κ1) is 9.24. The first-order chi connectivity index (χ1) is 5.20. The van der Waals surface area contributed by atoms with Crippen molar-refractivity contribution in [2.75, 3.05) is 6.61 Å². The van der Waals surface area contributed by atoms with E-state index in [2.05, 4.69) is 17.1 Å². The smallest absolute Gasteiger partial charge is 0.199 e. The molecule has 1 rings (SSSR count). The molecule has 0 amide bonds. The van der Waals surface area contributed by atoms with Crippen LogP contribution in [0.2, 0.25) is 0 Å².